The van der Waals surface area contributed by atoms with Crippen molar-refractivity contribution in [1.82, 2.24) is 4.31 Å². The van der Waals surface area contributed by atoms with Gasteiger partial charge in [-0.05, 0) is 44.0 Å². The molecular weight excluding hydrogens is 290 g/mol. The summed E-state index contributed by atoms with van der Waals surface area (Å²) in [7, 11) is -2.04. The van der Waals surface area contributed by atoms with Gasteiger partial charge in [0.15, 0.2) is 0 Å². The highest BCUT2D eigenvalue weighted by Crippen LogP contribution is 2.27. The molecule has 0 bridgehead atoms. The smallest absolute Gasteiger partial charge is 0.243 e. The van der Waals surface area contributed by atoms with Crippen LogP contribution < -0.4 is 4.74 Å². The fourth-order valence-corrected chi connectivity index (χ4v) is 4.15. The topological polar surface area (TPSA) is 66.8 Å². The van der Waals surface area contributed by atoms with E-state index in [1.165, 1.54) is 4.31 Å². The maximum Gasteiger partial charge on any atom is 0.243 e. The Kier molecular flexibility index (Phi) is 5.24. The fourth-order valence-electron chi connectivity index (χ4n) is 2.73. The van der Waals surface area contributed by atoms with E-state index in [2.05, 4.69) is 0 Å². The van der Waals surface area contributed by atoms with Gasteiger partial charge in [0.1, 0.15) is 5.75 Å². The summed E-state index contributed by atoms with van der Waals surface area (Å²) in [4.78, 5) is 0.228. The minimum atomic E-state index is -3.59. The molecule has 2 atom stereocenters. The predicted molar refractivity (Wildman–Crippen MR) is 80.8 cm³/mol. The number of sulfonamides is 1. The summed E-state index contributed by atoms with van der Waals surface area (Å²) < 4.78 is 31.9. The van der Waals surface area contributed by atoms with Gasteiger partial charge in [0, 0.05) is 7.05 Å². The van der Waals surface area contributed by atoms with Gasteiger partial charge in [-0.2, -0.15) is 4.31 Å². The minimum absolute atomic E-state index is 0.228. The third-order valence-electron chi connectivity index (χ3n) is 3.97. The predicted octanol–water partition coefficient (Wildman–Crippen LogP) is 2.01. The van der Waals surface area contributed by atoms with Crippen LogP contribution >= 0.6 is 0 Å². The van der Waals surface area contributed by atoms with Gasteiger partial charge < -0.3 is 9.84 Å². The molecule has 21 heavy (non-hydrogen) atoms. The van der Waals surface area contributed by atoms with Crippen LogP contribution in [-0.4, -0.2) is 43.6 Å². The van der Waals surface area contributed by atoms with Gasteiger partial charge in [-0.3, -0.25) is 0 Å². The Bertz CT molecular complexity index is 556. The molecule has 2 rings (SSSR count). The second kappa shape index (κ2) is 6.77. The van der Waals surface area contributed by atoms with E-state index in [1.807, 2.05) is 6.92 Å². The lowest BCUT2D eigenvalue weighted by molar-refractivity contribution is 0.0638. The van der Waals surface area contributed by atoms with Gasteiger partial charge in [-0.25, -0.2) is 8.42 Å². The monoisotopic (exact) mass is 313 g/mol. The number of hydrogen-bond acceptors (Lipinski definition) is 4. The molecule has 6 heteroatoms. The van der Waals surface area contributed by atoms with Gasteiger partial charge in [-0.1, -0.05) is 12.8 Å². The molecule has 0 heterocycles. The van der Waals surface area contributed by atoms with Crippen molar-refractivity contribution >= 4 is 10.0 Å². The summed E-state index contributed by atoms with van der Waals surface area (Å²) in [5.41, 5.74) is 0. The first-order valence-corrected chi connectivity index (χ1v) is 8.79. The van der Waals surface area contributed by atoms with E-state index in [-0.39, 0.29) is 10.9 Å². The summed E-state index contributed by atoms with van der Waals surface area (Å²) in [6, 6.07) is 6.07. The van der Waals surface area contributed by atoms with Crippen LogP contribution in [0.1, 0.15) is 32.6 Å². The molecule has 1 N–H and O–H groups in total. The summed E-state index contributed by atoms with van der Waals surface area (Å²) in [6.07, 6.45) is 2.68. The van der Waals surface area contributed by atoms with Crippen molar-refractivity contribution in [2.75, 3.05) is 13.7 Å². The van der Waals surface area contributed by atoms with Crippen LogP contribution in [-0.2, 0) is 10.0 Å². The largest absolute Gasteiger partial charge is 0.494 e. The zero-order valence-electron chi connectivity index (χ0n) is 12.5. The average molecular weight is 313 g/mol. The number of rotatable bonds is 5. The normalized spacial score (nSPS) is 23.2. The molecule has 1 aromatic rings. The van der Waals surface area contributed by atoms with Gasteiger partial charge in [0.2, 0.25) is 10.0 Å². The summed E-state index contributed by atoms with van der Waals surface area (Å²) in [5.74, 6) is 0.650. The molecule has 0 radical (unpaired) electrons. The van der Waals surface area contributed by atoms with Gasteiger partial charge in [-0.15, -0.1) is 0 Å². The Hall–Kier alpha value is -1.11. The highest BCUT2D eigenvalue weighted by molar-refractivity contribution is 7.89. The van der Waals surface area contributed by atoms with Crippen molar-refractivity contribution in [2.45, 2.75) is 49.6 Å². The number of aliphatic hydroxyl groups is 1. The van der Waals surface area contributed by atoms with Gasteiger partial charge >= 0.3 is 0 Å². The standard InChI is InChI=1S/C15H23NO4S/c1-3-20-12-8-10-13(11-9-12)21(18,19)16(2)14-6-4-5-7-15(14)17/h8-11,14-15,17H,3-7H2,1-2H3/t14-,15+/m0/s1. The number of nitrogens with zero attached hydrogens (tertiary/aromatic N) is 1. The molecule has 0 aromatic heterocycles. The highest BCUT2D eigenvalue weighted by Gasteiger charge is 2.34. The second-order valence-electron chi connectivity index (χ2n) is 5.34. The lowest BCUT2D eigenvalue weighted by Gasteiger charge is -2.34. The molecule has 1 saturated carbocycles. The van der Waals surface area contributed by atoms with Crippen LogP contribution in [0.5, 0.6) is 5.75 Å². The van der Waals surface area contributed by atoms with Crippen molar-refractivity contribution in [3.63, 3.8) is 0 Å². The maximum atomic E-state index is 12.6. The molecule has 5 nitrogen and oxygen atoms in total. The van der Waals surface area contributed by atoms with Crippen molar-refractivity contribution in [2.24, 2.45) is 0 Å². The minimum Gasteiger partial charge on any atom is -0.494 e. The van der Waals surface area contributed by atoms with E-state index in [4.69, 9.17) is 4.74 Å². The number of aliphatic hydroxyl groups excluding tert-OH is 1. The number of hydrogen-bond donors (Lipinski definition) is 1. The zero-order valence-corrected chi connectivity index (χ0v) is 13.3. The van der Waals surface area contributed by atoms with E-state index in [9.17, 15) is 13.5 Å². The lowest BCUT2D eigenvalue weighted by Crippen LogP contribution is -2.46. The molecule has 1 aromatic carbocycles. The summed E-state index contributed by atoms with van der Waals surface area (Å²) in [5, 5.41) is 10.0. The Morgan fingerprint density at radius 3 is 2.43 bits per heavy atom. The van der Waals surface area contributed by atoms with Gasteiger partial charge in [0.25, 0.3) is 0 Å². The van der Waals surface area contributed by atoms with Crippen LogP contribution in [0.4, 0.5) is 0 Å². The van der Waals surface area contributed by atoms with Crippen LogP contribution in [0.3, 0.4) is 0 Å². The highest BCUT2D eigenvalue weighted by atomic mass is 32.2. The Balaban J connectivity index is 2.19. The van der Waals surface area contributed by atoms with Gasteiger partial charge in [0.05, 0.1) is 23.6 Å². The van der Waals surface area contributed by atoms with Crippen LogP contribution in [0.15, 0.2) is 29.2 Å². The van der Waals surface area contributed by atoms with Crippen molar-refractivity contribution in [3.05, 3.63) is 24.3 Å². The molecule has 0 unspecified atom stereocenters. The first kappa shape index (κ1) is 16.3. The van der Waals surface area contributed by atoms with Crippen LogP contribution in [0.25, 0.3) is 0 Å². The molecule has 0 spiro atoms. The molecule has 0 amide bonds. The number of likely N-dealkylation sites (N-methyl/N-ethyl adjacent to an activating group) is 1. The third-order valence-corrected chi connectivity index (χ3v) is 5.87. The Morgan fingerprint density at radius 2 is 1.86 bits per heavy atom. The van der Waals surface area contributed by atoms with E-state index in [0.717, 1.165) is 12.8 Å². The first-order valence-electron chi connectivity index (χ1n) is 7.35. The fraction of sp³-hybridized carbons (Fsp3) is 0.600. The molecule has 1 aliphatic rings. The number of benzene rings is 1. The van der Waals surface area contributed by atoms with E-state index in [0.29, 0.717) is 25.2 Å². The molecule has 1 aliphatic carbocycles. The molecule has 118 valence electrons. The third kappa shape index (κ3) is 3.56. The quantitative estimate of drug-likeness (QED) is 0.903. The first-order chi connectivity index (χ1) is 9.96. The summed E-state index contributed by atoms with van der Waals surface area (Å²) >= 11 is 0. The van der Waals surface area contributed by atoms with Crippen molar-refractivity contribution < 1.29 is 18.3 Å². The lowest BCUT2D eigenvalue weighted by atomic mass is 9.93. The number of ether oxygens (including phenoxy) is 1. The SMILES string of the molecule is CCOc1ccc(S(=O)(=O)N(C)[C@H]2CCCC[C@H]2O)cc1. The molecular formula is C15H23NO4S. The van der Waals surface area contributed by atoms with Crippen LogP contribution in [0, 0.1) is 0 Å². The molecule has 1 fully saturated rings. The second-order valence-corrected chi connectivity index (χ2v) is 7.34. The van der Waals surface area contributed by atoms with E-state index >= 15 is 0 Å². The van der Waals surface area contributed by atoms with Crippen LogP contribution in [0.2, 0.25) is 0 Å². The molecule has 0 saturated heterocycles. The Morgan fingerprint density at radius 1 is 1.24 bits per heavy atom. The molecule has 0 aliphatic heterocycles. The van der Waals surface area contributed by atoms with Crippen molar-refractivity contribution in [3.8, 4) is 5.75 Å². The van der Waals surface area contributed by atoms with E-state index < -0.39 is 16.1 Å². The van der Waals surface area contributed by atoms with Crippen molar-refractivity contribution in [1.29, 1.82) is 0 Å². The summed E-state index contributed by atoms with van der Waals surface area (Å²) in [6.45, 7) is 2.42. The maximum absolute atomic E-state index is 12.6. The zero-order chi connectivity index (χ0) is 15.5. The average Bonchev–Trinajstić information content (AvgIpc) is 2.48. The van der Waals surface area contributed by atoms with E-state index in [1.54, 1.807) is 31.3 Å². The Labute approximate surface area is 126 Å².